The summed E-state index contributed by atoms with van der Waals surface area (Å²) in [6.45, 7) is 7.22. The quantitative estimate of drug-likeness (QED) is 0.231. The van der Waals surface area contributed by atoms with E-state index in [-0.39, 0.29) is 5.56 Å². The third-order valence-corrected chi connectivity index (χ3v) is 7.88. The summed E-state index contributed by atoms with van der Waals surface area (Å²) in [5.74, 6) is -1.77. The number of hydrogen-bond acceptors (Lipinski definition) is 6. The first-order chi connectivity index (χ1) is 19.4. The normalized spacial score (nSPS) is 11.7. The molecule has 3 heterocycles. The molecule has 0 amide bonds. The maximum Gasteiger partial charge on any atom is 0.490 e. The third-order valence-electron chi connectivity index (χ3n) is 6.47. The van der Waals surface area contributed by atoms with Crippen LogP contribution >= 0.6 is 22.9 Å². The minimum Gasteiger partial charge on any atom is -0.475 e. The number of hydrogen-bond donors (Lipinski definition) is 1. The molecule has 2 aromatic carbocycles. The van der Waals surface area contributed by atoms with E-state index in [0.29, 0.717) is 15.2 Å². The van der Waals surface area contributed by atoms with Crippen LogP contribution in [0.1, 0.15) is 19.2 Å². The molecule has 216 valence electrons. The number of carboxylic acids is 1. The molecule has 8 nitrogen and oxygen atoms in total. The molecule has 0 saturated heterocycles. The molecule has 5 rings (SSSR count). The second-order valence-corrected chi connectivity index (χ2v) is 10.8. The lowest BCUT2D eigenvalue weighted by Crippen LogP contribution is -2.21. The van der Waals surface area contributed by atoms with E-state index in [0.717, 1.165) is 59.0 Å². The summed E-state index contributed by atoms with van der Waals surface area (Å²) >= 11 is 7.47. The second-order valence-electron chi connectivity index (χ2n) is 9.29. The van der Waals surface area contributed by atoms with Crippen LogP contribution in [0.25, 0.3) is 37.4 Å². The van der Waals surface area contributed by atoms with Crippen molar-refractivity contribution in [3.05, 3.63) is 76.1 Å². The van der Waals surface area contributed by atoms with E-state index < -0.39 is 12.1 Å². The molecule has 0 radical (unpaired) electrons. The second kappa shape index (κ2) is 12.4. The average molecular weight is 606 g/mol. The highest BCUT2D eigenvalue weighted by atomic mass is 35.5. The van der Waals surface area contributed by atoms with E-state index in [1.807, 2.05) is 49.4 Å². The molecule has 3 aromatic heterocycles. The molecule has 1 N–H and O–H groups in total. The van der Waals surface area contributed by atoms with Crippen molar-refractivity contribution in [2.75, 3.05) is 20.1 Å². The monoisotopic (exact) mass is 605 g/mol. The van der Waals surface area contributed by atoms with E-state index >= 15 is 0 Å². The van der Waals surface area contributed by atoms with Crippen molar-refractivity contribution in [1.29, 1.82) is 0 Å². The minimum atomic E-state index is -5.08. The van der Waals surface area contributed by atoms with Crippen molar-refractivity contribution in [3.8, 4) is 16.1 Å². The number of halogens is 4. The van der Waals surface area contributed by atoms with Crippen LogP contribution in [0.15, 0.2) is 59.7 Å². The minimum absolute atomic E-state index is 0.0756. The van der Waals surface area contributed by atoms with Gasteiger partial charge >= 0.3 is 12.1 Å². The summed E-state index contributed by atoms with van der Waals surface area (Å²) in [5, 5.41) is 7.81. The smallest absolute Gasteiger partial charge is 0.475 e. The molecular formula is C28H27ClF3N5O3S. The summed E-state index contributed by atoms with van der Waals surface area (Å²) in [4.78, 5) is 34.9. The molecule has 0 spiro atoms. The number of fused-ring (bicyclic) bond motifs is 2. The molecule has 0 fully saturated rings. The molecule has 0 unspecified atom stereocenters. The Morgan fingerprint density at radius 2 is 1.80 bits per heavy atom. The van der Waals surface area contributed by atoms with Crippen LogP contribution in [0, 0.1) is 6.92 Å². The van der Waals surface area contributed by atoms with Crippen LogP contribution < -0.4 is 5.56 Å². The predicted octanol–water partition coefficient (Wildman–Crippen LogP) is 6.40. The molecule has 0 bridgehead atoms. The molecule has 5 aromatic rings. The summed E-state index contributed by atoms with van der Waals surface area (Å²) < 4.78 is 36.2. The van der Waals surface area contributed by atoms with Gasteiger partial charge in [-0.1, -0.05) is 30.7 Å². The van der Waals surface area contributed by atoms with Gasteiger partial charge in [0.25, 0.3) is 5.56 Å². The topological polar surface area (TPSA) is 93.3 Å². The largest absolute Gasteiger partial charge is 0.490 e. The number of nitrogens with zero attached hydrogens (tertiary/aromatic N) is 5. The zero-order valence-corrected chi connectivity index (χ0v) is 24.0. The maximum atomic E-state index is 13.4. The first-order valence-electron chi connectivity index (χ1n) is 12.6. The average Bonchev–Trinajstić information content (AvgIpc) is 3.50. The number of aromatic nitrogens is 4. The van der Waals surface area contributed by atoms with Crippen molar-refractivity contribution < 1.29 is 23.1 Å². The Hall–Kier alpha value is -3.74. The number of benzene rings is 2. The highest BCUT2D eigenvalue weighted by Gasteiger charge is 2.38. The highest BCUT2D eigenvalue weighted by Crippen LogP contribution is 2.32. The van der Waals surface area contributed by atoms with Crippen molar-refractivity contribution in [3.63, 3.8) is 0 Å². The Kier molecular flexibility index (Phi) is 9.15. The van der Waals surface area contributed by atoms with Crippen LogP contribution in [-0.4, -0.2) is 61.4 Å². The summed E-state index contributed by atoms with van der Waals surface area (Å²) in [6, 6.07) is 15.6. The van der Waals surface area contributed by atoms with Gasteiger partial charge in [0, 0.05) is 16.4 Å². The van der Waals surface area contributed by atoms with Gasteiger partial charge in [0.15, 0.2) is 0 Å². The Bertz CT molecular complexity index is 1750. The number of aryl methyl sites for hydroxylation is 2. The first kappa shape index (κ1) is 30.2. The van der Waals surface area contributed by atoms with Crippen LogP contribution in [-0.2, 0) is 11.3 Å². The van der Waals surface area contributed by atoms with Crippen molar-refractivity contribution in [2.24, 2.45) is 0 Å². The Morgan fingerprint density at radius 1 is 1.12 bits per heavy atom. The zero-order valence-electron chi connectivity index (χ0n) is 22.4. The fourth-order valence-electron chi connectivity index (χ4n) is 4.18. The van der Waals surface area contributed by atoms with E-state index in [2.05, 4.69) is 34.5 Å². The van der Waals surface area contributed by atoms with Crippen LogP contribution in [0.3, 0.4) is 0 Å². The van der Waals surface area contributed by atoms with Gasteiger partial charge in [-0.15, -0.1) is 11.3 Å². The first-order valence-corrected chi connectivity index (χ1v) is 13.8. The number of carboxylic acid groups (broad SMARTS) is 1. The number of thiophene rings is 1. The van der Waals surface area contributed by atoms with Gasteiger partial charge in [0.05, 0.1) is 22.2 Å². The lowest BCUT2D eigenvalue weighted by molar-refractivity contribution is -0.192. The molecule has 13 heteroatoms. The van der Waals surface area contributed by atoms with Crippen molar-refractivity contribution >= 4 is 50.2 Å². The van der Waals surface area contributed by atoms with Crippen molar-refractivity contribution in [2.45, 2.75) is 33.0 Å². The van der Waals surface area contributed by atoms with Crippen LogP contribution in [0.2, 0.25) is 5.02 Å². The van der Waals surface area contributed by atoms with E-state index in [4.69, 9.17) is 26.5 Å². The number of aliphatic carboxylic acids is 1. The zero-order chi connectivity index (χ0) is 29.9. The molecular weight excluding hydrogens is 579 g/mol. The summed E-state index contributed by atoms with van der Waals surface area (Å²) in [7, 11) is 2.14. The summed E-state index contributed by atoms with van der Waals surface area (Å²) in [5.41, 5.74) is 4.39. The van der Waals surface area contributed by atoms with Gasteiger partial charge in [-0.05, 0) is 75.4 Å². The lowest BCUT2D eigenvalue weighted by atomic mass is 10.2. The molecule has 0 atom stereocenters. The molecule has 41 heavy (non-hydrogen) atoms. The Morgan fingerprint density at radius 3 is 2.44 bits per heavy atom. The number of alkyl halides is 3. The van der Waals surface area contributed by atoms with Gasteiger partial charge in [-0.25, -0.2) is 14.8 Å². The molecule has 0 saturated carbocycles. The fourth-order valence-corrected chi connectivity index (χ4v) is 5.35. The fraction of sp³-hybridized carbons (Fsp3) is 0.286. The highest BCUT2D eigenvalue weighted by molar-refractivity contribution is 7.22. The van der Waals surface area contributed by atoms with Crippen LogP contribution in [0.5, 0.6) is 0 Å². The standard InChI is InChI=1S/C26H26ClN5OS.C2HF3O2/c1-4-30(3)12-5-13-31-17(2)29-21-14-20(10-11-23(21)31)32-16-28-22-15-24(34-25(22)26(32)33)18-6-8-19(27)9-7-18;3-2(4,5)1(6)7/h6-11,14-16H,4-5,12-13H2,1-3H3;(H,6,7). The van der Waals surface area contributed by atoms with Crippen LogP contribution in [0.4, 0.5) is 13.2 Å². The SMILES string of the molecule is CCN(C)CCCn1c(C)nc2cc(-n3cnc4cc(-c5ccc(Cl)cc5)sc4c3=O)ccc21.O=C(O)C(F)(F)F. The summed E-state index contributed by atoms with van der Waals surface area (Å²) in [6.07, 6.45) is -2.42. The predicted molar refractivity (Wildman–Crippen MR) is 155 cm³/mol. The Labute approximate surface area is 242 Å². The molecule has 0 aliphatic heterocycles. The van der Waals surface area contributed by atoms with Gasteiger partial charge in [-0.2, -0.15) is 13.2 Å². The van der Waals surface area contributed by atoms with Gasteiger partial charge in [0.1, 0.15) is 16.9 Å². The van der Waals surface area contributed by atoms with Gasteiger partial charge in [-0.3, -0.25) is 9.36 Å². The van der Waals surface area contributed by atoms with Gasteiger partial charge in [0.2, 0.25) is 0 Å². The number of imidazole rings is 1. The van der Waals surface area contributed by atoms with E-state index in [9.17, 15) is 18.0 Å². The molecule has 0 aliphatic carbocycles. The molecule has 0 aliphatic rings. The lowest BCUT2D eigenvalue weighted by Gasteiger charge is -2.14. The Balaban J connectivity index is 0.000000493. The third kappa shape index (κ3) is 6.95. The van der Waals surface area contributed by atoms with Gasteiger partial charge < -0.3 is 14.6 Å². The number of carbonyl (C=O) groups is 1. The number of rotatable bonds is 7. The van der Waals surface area contributed by atoms with E-state index in [1.165, 1.54) is 11.3 Å². The van der Waals surface area contributed by atoms with Crippen molar-refractivity contribution in [1.82, 2.24) is 24.0 Å². The van der Waals surface area contributed by atoms with E-state index in [1.54, 1.807) is 10.9 Å². The maximum absolute atomic E-state index is 13.4.